The van der Waals surface area contributed by atoms with Crippen LogP contribution in [-0.2, 0) is 28.0 Å². The number of rotatable bonds is 9. The third kappa shape index (κ3) is 11.0. The lowest BCUT2D eigenvalue weighted by Gasteiger charge is -2.38. The highest BCUT2D eigenvalue weighted by Gasteiger charge is 2.43. The number of carbonyl (C=O) groups excluding carboxylic acids is 4. The second-order valence-corrected chi connectivity index (χ2v) is 35.1. The summed E-state index contributed by atoms with van der Waals surface area (Å²) in [5, 5.41) is 19.5. The average molecular weight is 1200 g/mol. The smallest absolute Gasteiger partial charge is 0.259 e. The number of allylic oxidation sites excluding steroid dienone is 1. The van der Waals surface area contributed by atoms with Crippen LogP contribution in [0.25, 0.3) is 65.9 Å². The molecule has 19 heteroatoms. The molecule has 12 rings (SSSR count). The standard InChI is InChI=1S/C31H31Cl2N3O3Si.C20H11Cl2N3O2.C11H22O2Si/c1-31(2,3)40(4,5)39-19-12-11-18(15-19)36-24-14-17(32)10-13-21(24)25(28(36)33)27-26(29(37)35-30(27)38)22-16-34-23-9-7-6-8-20(22)23;21-9-5-6-11-14(7-9)24-18(22)15(11)17-16(19(26)25-20(17)27)12-8-23-13-4-2-1-3-10(12)13;1-11(2,3)14(4,5)13-10-7-6-9(12)8-10/h6-14,16,18-19,34H,15H2,1-5H3,(H,35,37,38);1-8,23-24H,(H,25,26,27);6-7,9-10,12H,8H2,1-5H3/t18-,19+;;9-,10-/m0.1/s1. The van der Waals surface area contributed by atoms with Gasteiger partial charge in [0, 0.05) is 95.6 Å². The Kier molecular flexibility index (Phi) is 15.6. The van der Waals surface area contributed by atoms with Gasteiger partial charge in [0.1, 0.15) is 10.3 Å². The number of benzene rings is 4. The SMILES string of the molecule is CC(C)(C)[Si](C)(C)O[C@@H]1C=C[C@@H](O)C1.CC(C)(C)[Si](C)(C)O[C@@H]1C=C[C@H](n2c(Cl)c(C3=C(c4c[nH]c5ccccc45)C(=O)NC3=O)c3ccc(Cl)cc32)C1.O=C1NC(=O)C(c2c(Cl)[nH]c3cc(Cl)ccc23)=C1c1c[nH]c2ccccc12. The van der Waals surface area contributed by atoms with Crippen LogP contribution in [0, 0.1) is 0 Å². The number of para-hydroxylation sites is 2. The van der Waals surface area contributed by atoms with Crippen LogP contribution in [0.2, 0.25) is 56.6 Å². The van der Waals surface area contributed by atoms with Crippen molar-refractivity contribution in [3.05, 3.63) is 164 Å². The van der Waals surface area contributed by atoms with Crippen molar-refractivity contribution in [2.75, 3.05) is 0 Å². The number of aromatic amines is 3. The highest BCUT2D eigenvalue weighted by atomic mass is 35.5. The van der Waals surface area contributed by atoms with Gasteiger partial charge in [-0.1, -0.05) is 161 Å². The molecular formula is C62H64Cl4N6O7Si2. The van der Waals surface area contributed by atoms with Crippen LogP contribution in [0.3, 0.4) is 0 Å². The Labute approximate surface area is 492 Å². The van der Waals surface area contributed by atoms with E-state index < -0.39 is 40.3 Å². The molecule has 420 valence electrons. The zero-order valence-electron chi connectivity index (χ0n) is 46.6. The Morgan fingerprint density at radius 2 is 1.01 bits per heavy atom. The Morgan fingerprint density at radius 1 is 0.543 bits per heavy atom. The largest absolute Gasteiger partial charge is 0.410 e. The molecule has 0 unspecified atom stereocenters. The minimum Gasteiger partial charge on any atom is -0.410 e. The van der Waals surface area contributed by atoms with Gasteiger partial charge in [-0.2, -0.15) is 0 Å². The second-order valence-electron chi connectivity index (χ2n) is 24.0. The number of carbonyl (C=O) groups is 4. The summed E-state index contributed by atoms with van der Waals surface area (Å²) in [6, 6.07) is 25.9. The number of halogens is 4. The molecule has 0 radical (unpaired) electrons. The van der Waals surface area contributed by atoms with E-state index in [0.29, 0.717) is 60.5 Å². The number of fused-ring (bicyclic) bond motifs is 4. The zero-order valence-corrected chi connectivity index (χ0v) is 51.7. The Balaban J connectivity index is 0.000000154. The molecule has 2 aliphatic heterocycles. The molecule has 0 fully saturated rings. The van der Waals surface area contributed by atoms with Gasteiger partial charge in [0.2, 0.25) is 0 Å². The Bertz CT molecular complexity index is 4020. The van der Waals surface area contributed by atoms with E-state index in [-0.39, 0.29) is 50.7 Å². The molecule has 0 saturated carbocycles. The van der Waals surface area contributed by atoms with Gasteiger partial charge in [-0.3, -0.25) is 29.8 Å². The quantitative estimate of drug-likeness (QED) is 0.0472. The van der Waals surface area contributed by atoms with Crippen molar-refractivity contribution in [1.82, 2.24) is 30.2 Å². The third-order valence-electron chi connectivity index (χ3n) is 16.6. The van der Waals surface area contributed by atoms with Crippen LogP contribution < -0.4 is 10.6 Å². The number of aromatic nitrogens is 4. The van der Waals surface area contributed by atoms with E-state index in [4.69, 9.17) is 55.3 Å². The van der Waals surface area contributed by atoms with E-state index in [1.807, 2.05) is 77.4 Å². The van der Waals surface area contributed by atoms with Crippen LogP contribution >= 0.6 is 46.4 Å². The van der Waals surface area contributed by atoms with Gasteiger partial charge >= 0.3 is 0 Å². The molecule has 4 amide bonds. The summed E-state index contributed by atoms with van der Waals surface area (Å²) in [6.45, 7) is 22.4. The summed E-state index contributed by atoms with van der Waals surface area (Å²) in [4.78, 5) is 61.4. The molecule has 4 aromatic heterocycles. The van der Waals surface area contributed by atoms with Gasteiger partial charge in [-0.05, 0) is 72.7 Å². The summed E-state index contributed by atoms with van der Waals surface area (Å²) >= 11 is 26.1. The second kappa shape index (κ2) is 21.8. The number of hydrogen-bond donors (Lipinski definition) is 6. The monoisotopic (exact) mass is 1200 g/mol. The van der Waals surface area contributed by atoms with Gasteiger partial charge < -0.3 is 33.5 Å². The average Bonchev–Trinajstić information content (AvgIpc) is 3.59. The third-order valence-corrected chi connectivity index (χ3v) is 26.7. The topological polar surface area (TPSA) is 183 Å². The van der Waals surface area contributed by atoms with Crippen molar-refractivity contribution in [2.45, 2.75) is 115 Å². The van der Waals surface area contributed by atoms with Gasteiger partial charge in [-0.25, -0.2) is 0 Å². The van der Waals surface area contributed by atoms with Crippen molar-refractivity contribution in [1.29, 1.82) is 0 Å². The molecule has 2 aliphatic carbocycles. The van der Waals surface area contributed by atoms with Crippen molar-refractivity contribution < 1.29 is 33.1 Å². The molecule has 0 saturated heterocycles. The molecule has 13 nitrogen and oxygen atoms in total. The fraction of sp³-hybridized carbons (Fsp3) is 0.290. The maximum absolute atomic E-state index is 13.4. The summed E-state index contributed by atoms with van der Waals surface area (Å²) in [5.74, 6) is -1.83. The first kappa shape index (κ1) is 58.0. The first-order chi connectivity index (χ1) is 38.1. The lowest BCUT2D eigenvalue weighted by atomic mass is 9.95. The van der Waals surface area contributed by atoms with Crippen LogP contribution in [0.1, 0.15) is 82.7 Å². The van der Waals surface area contributed by atoms with Gasteiger partial charge in [0.05, 0.1) is 52.2 Å². The van der Waals surface area contributed by atoms with Crippen molar-refractivity contribution >= 4 is 153 Å². The number of amides is 4. The first-order valence-electron chi connectivity index (χ1n) is 26.8. The molecule has 4 atom stereocenters. The molecule has 4 aromatic carbocycles. The van der Waals surface area contributed by atoms with E-state index >= 15 is 0 Å². The lowest BCUT2D eigenvalue weighted by molar-refractivity contribution is -0.124. The van der Waals surface area contributed by atoms with Gasteiger partial charge in [-0.15, -0.1) is 0 Å². The van der Waals surface area contributed by atoms with E-state index in [1.165, 1.54) is 0 Å². The number of H-pyrrole nitrogens is 3. The molecule has 8 aromatic rings. The van der Waals surface area contributed by atoms with Crippen molar-refractivity contribution in [3.63, 3.8) is 0 Å². The Morgan fingerprint density at radius 3 is 1.53 bits per heavy atom. The minimum atomic E-state index is -1.99. The maximum Gasteiger partial charge on any atom is 0.259 e. The molecular weight excluding hydrogens is 1140 g/mol. The normalized spacial score (nSPS) is 19.6. The molecule has 81 heavy (non-hydrogen) atoms. The van der Waals surface area contributed by atoms with E-state index in [9.17, 15) is 24.3 Å². The number of aliphatic hydroxyl groups is 1. The number of imide groups is 2. The van der Waals surface area contributed by atoms with Gasteiger partial charge in [0.25, 0.3) is 23.6 Å². The summed E-state index contributed by atoms with van der Waals surface area (Å²) < 4.78 is 14.8. The molecule has 6 heterocycles. The summed E-state index contributed by atoms with van der Waals surface area (Å²) in [6.07, 6.45) is 12.8. The number of hydrogen-bond acceptors (Lipinski definition) is 7. The number of aliphatic hydroxyl groups excluding tert-OH is 1. The highest BCUT2D eigenvalue weighted by molar-refractivity contribution is 6.74. The maximum atomic E-state index is 13.4. The lowest BCUT2D eigenvalue weighted by Crippen LogP contribution is -2.43. The number of nitrogens with zero attached hydrogens (tertiary/aromatic N) is 1. The molecule has 0 bridgehead atoms. The van der Waals surface area contributed by atoms with Gasteiger partial charge in [0.15, 0.2) is 16.6 Å². The zero-order chi connectivity index (χ0) is 58.2. The van der Waals surface area contributed by atoms with Crippen LogP contribution in [0.4, 0.5) is 0 Å². The van der Waals surface area contributed by atoms with Crippen LogP contribution in [-0.4, -0.2) is 83.2 Å². The van der Waals surface area contributed by atoms with E-state index in [1.54, 1.807) is 36.7 Å². The fourth-order valence-electron chi connectivity index (χ4n) is 10.4. The van der Waals surface area contributed by atoms with Crippen molar-refractivity contribution in [2.24, 2.45) is 0 Å². The fourth-order valence-corrected chi connectivity index (χ4v) is 14.0. The Hall–Kier alpha value is -6.25. The minimum absolute atomic E-state index is 0.0422. The van der Waals surface area contributed by atoms with E-state index in [0.717, 1.165) is 44.5 Å². The van der Waals surface area contributed by atoms with Crippen molar-refractivity contribution in [3.8, 4) is 0 Å². The molecule has 0 spiro atoms. The predicted molar refractivity (Wildman–Crippen MR) is 333 cm³/mol. The predicted octanol–water partition coefficient (Wildman–Crippen LogP) is 15.1. The van der Waals surface area contributed by atoms with Crippen LogP contribution in [0.15, 0.2) is 122 Å². The highest BCUT2D eigenvalue weighted by Crippen LogP contribution is 2.47. The van der Waals surface area contributed by atoms with E-state index in [2.05, 4.69) is 105 Å². The first-order valence-corrected chi connectivity index (χ1v) is 34.2. The number of nitrogens with one attached hydrogen (secondary N) is 5. The molecule has 6 N–H and O–H groups in total. The summed E-state index contributed by atoms with van der Waals surface area (Å²) in [5.41, 5.74) is 6.70. The van der Waals surface area contributed by atoms with Crippen LogP contribution in [0.5, 0.6) is 0 Å². The molecule has 4 aliphatic rings. The summed E-state index contributed by atoms with van der Waals surface area (Å²) in [7, 11) is -3.65.